The zero-order valence-electron chi connectivity index (χ0n) is 7.93. The van der Waals surface area contributed by atoms with Crippen LogP contribution < -0.4 is 5.73 Å². The molecule has 0 fully saturated rings. The van der Waals surface area contributed by atoms with Crippen LogP contribution in [0.2, 0.25) is 0 Å². The Bertz CT molecular complexity index is 311. The molecular weight excluding hydrogens is 152 g/mol. The molecule has 0 radical (unpaired) electrons. The third kappa shape index (κ3) is 1.02. The monoisotopic (exact) mass is 166 g/mol. The van der Waals surface area contributed by atoms with E-state index in [1.165, 1.54) is 6.92 Å². The highest BCUT2D eigenvalue weighted by molar-refractivity contribution is 6.01. The summed E-state index contributed by atoms with van der Waals surface area (Å²) in [6.07, 6.45) is 0. The molecule has 1 aromatic rings. The third-order valence-corrected chi connectivity index (χ3v) is 2.38. The molecule has 0 aliphatic carbocycles. The fraction of sp³-hybridized carbons (Fsp3) is 0.444. The Morgan fingerprint density at radius 2 is 1.83 bits per heavy atom. The lowest BCUT2D eigenvalue weighted by Gasteiger charge is -1.98. The minimum absolute atomic E-state index is 0.0358. The van der Waals surface area contributed by atoms with E-state index in [9.17, 15) is 4.79 Å². The van der Waals surface area contributed by atoms with Gasteiger partial charge in [-0.1, -0.05) is 0 Å². The summed E-state index contributed by atoms with van der Waals surface area (Å²) in [6.45, 7) is 5.35. The van der Waals surface area contributed by atoms with E-state index in [0.29, 0.717) is 11.3 Å². The first-order chi connectivity index (χ1) is 5.46. The Morgan fingerprint density at radius 3 is 2.00 bits per heavy atom. The molecular formula is C9H14N2O. The topological polar surface area (TPSA) is 48.0 Å². The Kier molecular flexibility index (Phi) is 1.96. The molecule has 1 aromatic heterocycles. The number of nitrogens with two attached hydrogens (primary N) is 1. The van der Waals surface area contributed by atoms with Crippen LogP contribution in [-0.4, -0.2) is 10.4 Å². The number of nitrogens with zero attached hydrogens (tertiary/aromatic N) is 1. The molecule has 12 heavy (non-hydrogen) atoms. The molecule has 1 rings (SSSR count). The SMILES string of the molecule is CC(=O)c1c(N)c(C)n(C)c1C. The highest BCUT2D eigenvalue weighted by Gasteiger charge is 2.15. The van der Waals surface area contributed by atoms with Crippen LogP contribution >= 0.6 is 0 Å². The van der Waals surface area contributed by atoms with Crippen LogP contribution in [-0.2, 0) is 7.05 Å². The summed E-state index contributed by atoms with van der Waals surface area (Å²) >= 11 is 0. The van der Waals surface area contributed by atoms with Gasteiger partial charge in [-0.15, -0.1) is 0 Å². The third-order valence-electron chi connectivity index (χ3n) is 2.38. The molecule has 3 nitrogen and oxygen atoms in total. The number of aromatic nitrogens is 1. The largest absolute Gasteiger partial charge is 0.397 e. The summed E-state index contributed by atoms with van der Waals surface area (Å²) in [5.74, 6) is 0.0358. The van der Waals surface area contributed by atoms with Crippen molar-refractivity contribution in [2.24, 2.45) is 7.05 Å². The number of ketones is 1. The van der Waals surface area contributed by atoms with E-state index in [2.05, 4.69) is 0 Å². The van der Waals surface area contributed by atoms with Crippen LogP contribution in [0.3, 0.4) is 0 Å². The van der Waals surface area contributed by atoms with Crippen molar-refractivity contribution in [3.63, 3.8) is 0 Å². The zero-order chi connectivity index (χ0) is 9.46. The van der Waals surface area contributed by atoms with Crippen molar-refractivity contribution in [3.8, 4) is 0 Å². The van der Waals surface area contributed by atoms with Crippen LogP contribution in [0, 0.1) is 13.8 Å². The standard InChI is InChI=1S/C9H14N2O/c1-5-8(7(3)12)9(10)6(2)11(5)4/h10H2,1-4H3. The Hall–Kier alpha value is -1.25. The maximum Gasteiger partial charge on any atom is 0.163 e. The van der Waals surface area contributed by atoms with Gasteiger partial charge in [0.15, 0.2) is 5.78 Å². The van der Waals surface area contributed by atoms with Crippen molar-refractivity contribution >= 4 is 11.5 Å². The molecule has 0 aliphatic rings. The van der Waals surface area contributed by atoms with Crippen molar-refractivity contribution in [3.05, 3.63) is 17.0 Å². The smallest absolute Gasteiger partial charge is 0.163 e. The van der Waals surface area contributed by atoms with Crippen LogP contribution in [0.15, 0.2) is 0 Å². The van der Waals surface area contributed by atoms with E-state index in [-0.39, 0.29) is 5.78 Å². The first-order valence-electron chi connectivity index (χ1n) is 3.89. The summed E-state index contributed by atoms with van der Waals surface area (Å²) in [6, 6.07) is 0. The van der Waals surface area contributed by atoms with Crippen LogP contribution in [0.25, 0.3) is 0 Å². The van der Waals surface area contributed by atoms with Gasteiger partial charge in [0.1, 0.15) is 0 Å². The number of rotatable bonds is 1. The second-order valence-corrected chi connectivity index (χ2v) is 3.07. The number of nitrogen functional groups attached to an aromatic ring is 1. The van der Waals surface area contributed by atoms with E-state index in [4.69, 9.17) is 5.73 Å². The number of anilines is 1. The maximum atomic E-state index is 11.2. The van der Waals surface area contributed by atoms with Crippen LogP contribution in [0.1, 0.15) is 28.7 Å². The van der Waals surface area contributed by atoms with Gasteiger partial charge in [0.05, 0.1) is 11.3 Å². The molecule has 0 aliphatic heterocycles. The average Bonchev–Trinajstić information content (AvgIpc) is 2.16. The van der Waals surface area contributed by atoms with Crippen molar-refractivity contribution in [1.82, 2.24) is 4.57 Å². The van der Waals surface area contributed by atoms with Crippen LogP contribution in [0.5, 0.6) is 0 Å². The molecule has 2 N–H and O–H groups in total. The van der Waals surface area contributed by atoms with Gasteiger partial charge in [-0.2, -0.15) is 0 Å². The molecule has 0 spiro atoms. The lowest BCUT2D eigenvalue weighted by atomic mass is 10.1. The summed E-state index contributed by atoms with van der Waals surface area (Å²) < 4.78 is 1.94. The predicted molar refractivity (Wildman–Crippen MR) is 49.3 cm³/mol. The fourth-order valence-electron chi connectivity index (χ4n) is 1.42. The molecule has 0 aromatic carbocycles. The highest BCUT2D eigenvalue weighted by Crippen LogP contribution is 2.23. The summed E-state index contributed by atoms with van der Waals surface area (Å²) in [5, 5.41) is 0. The fourth-order valence-corrected chi connectivity index (χ4v) is 1.42. The normalized spacial score (nSPS) is 10.3. The van der Waals surface area contributed by atoms with Gasteiger partial charge in [-0.3, -0.25) is 4.79 Å². The molecule has 3 heteroatoms. The summed E-state index contributed by atoms with van der Waals surface area (Å²) in [5.41, 5.74) is 8.94. The van der Waals surface area contributed by atoms with E-state index in [1.807, 2.05) is 25.5 Å². The molecule has 0 atom stereocenters. The van der Waals surface area contributed by atoms with Gasteiger partial charge in [0.25, 0.3) is 0 Å². The number of Topliss-reactive ketones (excluding diaryl/α,β-unsaturated/α-hetero) is 1. The van der Waals surface area contributed by atoms with E-state index in [0.717, 1.165) is 11.4 Å². The maximum absolute atomic E-state index is 11.2. The van der Waals surface area contributed by atoms with Crippen LogP contribution in [0.4, 0.5) is 5.69 Å². The number of hydrogen-bond donors (Lipinski definition) is 1. The van der Waals surface area contributed by atoms with Crippen molar-refractivity contribution in [2.75, 3.05) is 5.73 Å². The zero-order valence-corrected chi connectivity index (χ0v) is 7.93. The molecule has 0 unspecified atom stereocenters. The van der Waals surface area contributed by atoms with E-state index >= 15 is 0 Å². The summed E-state index contributed by atoms with van der Waals surface area (Å²) in [7, 11) is 1.91. The average molecular weight is 166 g/mol. The Balaban J connectivity index is 3.48. The highest BCUT2D eigenvalue weighted by atomic mass is 16.1. The van der Waals surface area contributed by atoms with Gasteiger partial charge in [-0.05, 0) is 20.8 Å². The summed E-state index contributed by atoms with van der Waals surface area (Å²) in [4.78, 5) is 11.2. The molecule has 0 saturated carbocycles. The lowest BCUT2D eigenvalue weighted by molar-refractivity contribution is 0.101. The number of carbonyl (C=O) groups excluding carboxylic acids is 1. The molecule has 1 heterocycles. The number of carbonyl (C=O) groups is 1. The van der Waals surface area contributed by atoms with Gasteiger partial charge in [0, 0.05) is 18.4 Å². The molecule has 0 bridgehead atoms. The second kappa shape index (κ2) is 2.66. The van der Waals surface area contributed by atoms with Gasteiger partial charge >= 0.3 is 0 Å². The van der Waals surface area contributed by atoms with Gasteiger partial charge < -0.3 is 10.3 Å². The molecule has 0 amide bonds. The minimum atomic E-state index is 0.0358. The first-order valence-corrected chi connectivity index (χ1v) is 3.89. The van der Waals surface area contributed by atoms with E-state index in [1.54, 1.807) is 0 Å². The van der Waals surface area contributed by atoms with E-state index < -0.39 is 0 Å². The second-order valence-electron chi connectivity index (χ2n) is 3.07. The number of hydrogen-bond acceptors (Lipinski definition) is 2. The van der Waals surface area contributed by atoms with Crippen molar-refractivity contribution < 1.29 is 4.79 Å². The van der Waals surface area contributed by atoms with Gasteiger partial charge in [-0.25, -0.2) is 0 Å². The lowest BCUT2D eigenvalue weighted by Crippen LogP contribution is -1.98. The van der Waals surface area contributed by atoms with Crippen molar-refractivity contribution in [2.45, 2.75) is 20.8 Å². The van der Waals surface area contributed by atoms with Gasteiger partial charge in [0.2, 0.25) is 0 Å². The Morgan fingerprint density at radius 1 is 1.33 bits per heavy atom. The predicted octanol–water partition coefficient (Wildman–Crippen LogP) is 1.43. The molecule has 0 saturated heterocycles. The minimum Gasteiger partial charge on any atom is -0.397 e. The quantitative estimate of drug-likeness (QED) is 0.641. The molecule has 66 valence electrons. The van der Waals surface area contributed by atoms with Crippen molar-refractivity contribution in [1.29, 1.82) is 0 Å². The Labute approximate surface area is 72.2 Å². The first kappa shape index (κ1) is 8.84.